The molecule has 0 saturated carbocycles. The van der Waals surface area contributed by atoms with Crippen molar-refractivity contribution in [3.05, 3.63) is 29.3 Å². The Morgan fingerprint density at radius 2 is 2.12 bits per heavy atom. The highest BCUT2D eigenvalue weighted by atomic mass is 35.5. The smallest absolute Gasteiger partial charge is 0.336 e. The Morgan fingerprint density at radius 3 is 2.75 bits per heavy atom. The van der Waals surface area contributed by atoms with E-state index >= 15 is 0 Å². The zero-order valence-corrected chi connectivity index (χ0v) is 15.6. The standard InChI is InChI=1S/C17H21Cl2N3O2/c1-4-5-9-24-16-20-14(12-7-6-8-13(19)10-12)22(21-16)15(23)17(2,3)11-18/h6-8,10H,4-5,9,11H2,1-3H3. The largest absolute Gasteiger partial charge is 0.462 e. The quantitative estimate of drug-likeness (QED) is 0.524. The first-order valence-electron chi connectivity index (χ1n) is 7.85. The SMILES string of the molecule is CCCCOc1nc(-c2cccc(Cl)c2)n(C(=O)C(C)(C)CCl)n1. The van der Waals surface area contributed by atoms with Gasteiger partial charge in [-0.25, -0.2) is 0 Å². The lowest BCUT2D eigenvalue weighted by molar-refractivity contribution is 0.0752. The summed E-state index contributed by atoms with van der Waals surface area (Å²) in [5, 5.41) is 4.79. The molecule has 0 spiro atoms. The topological polar surface area (TPSA) is 57.0 Å². The van der Waals surface area contributed by atoms with Crippen LogP contribution in [0.25, 0.3) is 11.4 Å². The second-order valence-corrected chi connectivity index (χ2v) is 6.87. The van der Waals surface area contributed by atoms with Crippen LogP contribution in [-0.2, 0) is 0 Å². The Labute approximate surface area is 151 Å². The van der Waals surface area contributed by atoms with Crippen molar-refractivity contribution in [2.45, 2.75) is 33.6 Å². The van der Waals surface area contributed by atoms with Crippen LogP contribution in [0.2, 0.25) is 5.02 Å². The van der Waals surface area contributed by atoms with Crippen molar-refractivity contribution in [3.8, 4) is 17.4 Å². The lowest BCUT2D eigenvalue weighted by Gasteiger charge is -2.19. The van der Waals surface area contributed by atoms with Crippen LogP contribution < -0.4 is 4.74 Å². The van der Waals surface area contributed by atoms with Crippen LogP contribution in [0, 0.1) is 5.41 Å². The minimum atomic E-state index is -0.775. The molecule has 1 heterocycles. The van der Waals surface area contributed by atoms with Crippen molar-refractivity contribution in [3.63, 3.8) is 0 Å². The molecule has 0 unspecified atom stereocenters. The molecule has 7 heteroatoms. The number of rotatable bonds is 7. The number of halogens is 2. The van der Waals surface area contributed by atoms with Gasteiger partial charge in [-0.05, 0) is 32.4 Å². The first kappa shape index (κ1) is 18.7. The normalized spacial score (nSPS) is 11.5. The second-order valence-electron chi connectivity index (χ2n) is 6.16. The average Bonchev–Trinajstić information content (AvgIpc) is 2.98. The van der Waals surface area contributed by atoms with Crippen molar-refractivity contribution in [2.75, 3.05) is 12.5 Å². The number of benzene rings is 1. The van der Waals surface area contributed by atoms with Gasteiger partial charge in [0.1, 0.15) is 0 Å². The van der Waals surface area contributed by atoms with Crippen molar-refractivity contribution in [1.82, 2.24) is 14.8 Å². The monoisotopic (exact) mass is 369 g/mol. The summed E-state index contributed by atoms with van der Waals surface area (Å²) in [6.07, 6.45) is 1.89. The summed E-state index contributed by atoms with van der Waals surface area (Å²) in [4.78, 5) is 17.2. The summed E-state index contributed by atoms with van der Waals surface area (Å²) in [5.74, 6) is 0.324. The number of carbonyl (C=O) groups is 1. The van der Waals surface area contributed by atoms with E-state index in [0.29, 0.717) is 23.0 Å². The molecular weight excluding hydrogens is 349 g/mol. The van der Waals surface area contributed by atoms with Gasteiger partial charge >= 0.3 is 6.01 Å². The third-order valence-electron chi connectivity index (χ3n) is 3.50. The predicted molar refractivity (Wildman–Crippen MR) is 96.0 cm³/mol. The molecule has 0 atom stereocenters. The van der Waals surface area contributed by atoms with E-state index in [2.05, 4.69) is 17.0 Å². The molecular formula is C17H21Cl2N3O2. The molecule has 0 N–H and O–H groups in total. The van der Waals surface area contributed by atoms with Gasteiger partial charge in [-0.1, -0.05) is 37.1 Å². The van der Waals surface area contributed by atoms with Gasteiger partial charge in [0, 0.05) is 16.5 Å². The van der Waals surface area contributed by atoms with Crippen LogP contribution >= 0.6 is 23.2 Å². The van der Waals surface area contributed by atoms with Crippen LogP contribution in [-0.4, -0.2) is 33.2 Å². The summed E-state index contributed by atoms with van der Waals surface area (Å²) >= 11 is 12.0. The van der Waals surface area contributed by atoms with E-state index in [-0.39, 0.29) is 17.8 Å². The molecule has 0 fully saturated rings. The van der Waals surface area contributed by atoms with E-state index < -0.39 is 5.41 Å². The van der Waals surface area contributed by atoms with Gasteiger partial charge in [0.05, 0.1) is 12.0 Å². The maximum Gasteiger partial charge on any atom is 0.336 e. The summed E-state index contributed by atoms with van der Waals surface area (Å²) in [6, 6.07) is 7.29. The van der Waals surface area contributed by atoms with E-state index in [1.54, 1.807) is 32.0 Å². The van der Waals surface area contributed by atoms with Gasteiger partial charge in [0.15, 0.2) is 5.82 Å². The Kier molecular flexibility index (Phi) is 6.24. The van der Waals surface area contributed by atoms with Crippen LogP contribution in [0.4, 0.5) is 0 Å². The molecule has 0 bridgehead atoms. The van der Waals surface area contributed by atoms with Crippen LogP contribution in [0.5, 0.6) is 6.01 Å². The lowest BCUT2D eigenvalue weighted by Crippen LogP contribution is -2.32. The number of unbranched alkanes of at least 4 members (excludes halogenated alkanes) is 1. The molecule has 1 aromatic carbocycles. The highest BCUT2D eigenvalue weighted by Crippen LogP contribution is 2.27. The maximum atomic E-state index is 12.8. The summed E-state index contributed by atoms with van der Waals surface area (Å²) in [5.41, 5.74) is -0.0810. The van der Waals surface area contributed by atoms with Crippen molar-refractivity contribution < 1.29 is 9.53 Å². The molecule has 2 rings (SSSR count). The predicted octanol–water partition coefficient (Wildman–Crippen LogP) is 4.68. The molecule has 0 radical (unpaired) electrons. The number of hydrogen-bond acceptors (Lipinski definition) is 4. The molecule has 0 aliphatic carbocycles. The lowest BCUT2D eigenvalue weighted by atomic mass is 9.95. The summed E-state index contributed by atoms with van der Waals surface area (Å²) < 4.78 is 6.81. The number of hydrogen-bond donors (Lipinski definition) is 0. The fourth-order valence-electron chi connectivity index (χ4n) is 1.96. The van der Waals surface area contributed by atoms with E-state index in [1.807, 2.05) is 6.07 Å². The van der Waals surface area contributed by atoms with Gasteiger partial charge in [-0.15, -0.1) is 16.7 Å². The Bertz CT molecular complexity index is 714. The van der Waals surface area contributed by atoms with E-state index in [4.69, 9.17) is 27.9 Å². The van der Waals surface area contributed by atoms with Crippen LogP contribution in [0.1, 0.15) is 38.4 Å². The van der Waals surface area contributed by atoms with Gasteiger partial charge < -0.3 is 4.74 Å². The van der Waals surface area contributed by atoms with Crippen LogP contribution in [0.15, 0.2) is 24.3 Å². The molecule has 0 saturated heterocycles. The second kappa shape index (κ2) is 7.99. The first-order chi connectivity index (χ1) is 11.4. The van der Waals surface area contributed by atoms with Crippen LogP contribution in [0.3, 0.4) is 0 Å². The van der Waals surface area contributed by atoms with Gasteiger partial charge in [-0.3, -0.25) is 4.79 Å². The fourth-order valence-corrected chi connectivity index (χ4v) is 2.27. The number of carbonyl (C=O) groups excluding carboxylic acids is 1. The number of ether oxygens (including phenoxy) is 1. The van der Waals surface area contributed by atoms with Gasteiger partial charge in [-0.2, -0.15) is 9.67 Å². The summed E-state index contributed by atoms with van der Waals surface area (Å²) in [7, 11) is 0. The third kappa shape index (κ3) is 4.28. The minimum absolute atomic E-state index is 0.173. The highest BCUT2D eigenvalue weighted by Gasteiger charge is 2.32. The molecule has 2 aromatic rings. The van der Waals surface area contributed by atoms with Gasteiger partial charge in [0.2, 0.25) is 0 Å². The first-order valence-corrected chi connectivity index (χ1v) is 8.77. The Hall–Kier alpha value is -1.59. The van der Waals surface area contributed by atoms with Crippen molar-refractivity contribution in [1.29, 1.82) is 0 Å². The van der Waals surface area contributed by atoms with Crippen molar-refractivity contribution in [2.24, 2.45) is 5.41 Å². The molecule has 1 aromatic heterocycles. The maximum absolute atomic E-state index is 12.8. The molecule has 130 valence electrons. The van der Waals surface area contributed by atoms with Gasteiger partial charge in [0.25, 0.3) is 5.91 Å². The molecule has 5 nitrogen and oxygen atoms in total. The average molecular weight is 370 g/mol. The zero-order chi connectivity index (χ0) is 17.7. The number of nitrogens with zero attached hydrogens (tertiary/aromatic N) is 3. The fraction of sp³-hybridized carbons (Fsp3) is 0.471. The molecule has 0 aliphatic heterocycles. The number of alkyl halides is 1. The minimum Gasteiger partial charge on any atom is -0.462 e. The van der Waals surface area contributed by atoms with E-state index in [0.717, 1.165) is 12.8 Å². The summed E-state index contributed by atoms with van der Waals surface area (Å²) in [6.45, 7) is 6.11. The van der Waals surface area contributed by atoms with E-state index in [9.17, 15) is 4.79 Å². The Morgan fingerprint density at radius 1 is 1.38 bits per heavy atom. The third-order valence-corrected chi connectivity index (χ3v) is 4.41. The zero-order valence-electron chi connectivity index (χ0n) is 14.1. The molecule has 0 aliphatic rings. The number of aromatic nitrogens is 3. The molecule has 24 heavy (non-hydrogen) atoms. The van der Waals surface area contributed by atoms with E-state index in [1.165, 1.54) is 4.68 Å². The molecule has 0 amide bonds. The Balaban J connectivity index is 2.44. The van der Waals surface area contributed by atoms with Crippen molar-refractivity contribution >= 4 is 29.1 Å². The highest BCUT2D eigenvalue weighted by molar-refractivity contribution is 6.30.